The zero-order valence-electron chi connectivity index (χ0n) is 35.0. The van der Waals surface area contributed by atoms with Gasteiger partial charge in [0.05, 0.1) is 39.6 Å². The van der Waals surface area contributed by atoms with E-state index in [9.17, 15) is 102 Å². The minimum absolute atomic E-state index is 0.692. The Morgan fingerprint density at radius 3 is 0.657 bits per heavy atom. The summed E-state index contributed by atoms with van der Waals surface area (Å²) in [5.41, 5.74) is 0. The summed E-state index contributed by atoms with van der Waals surface area (Å²) in [6.45, 7) is -4.51. The van der Waals surface area contributed by atoms with Crippen molar-refractivity contribution in [2.45, 2.75) is 184 Å². The lowest BCUT2D eigenvalue weighted by Crippen LogP contribution is -2.63. The van der Waals surface area contributed by atoms with E-state index in [-0.39, 0.29) is 0 Å². The highest BCUT2D eigenvalue weighted by molar-refractivity contribution is 4.96. The Kier molecular flexibility index (Phi) is 19.4. The molecular weight excluding hydrogens is 928 g/mol. The van der Waals surface area contributed by atoms with E-state index in [4.69, 9.17) is 52.1 Å². The first-order valence-electron chi connectivity index (χ1n) is 21.1. The van der Waals surface area contributed by atoms with Gasteiger partial charge in [0.1, 0.15) is 146 Å². The van der Waals surface area contributed by atoms with E-state index < -0.39 is 224 Å². The quantitative estimate of drug-likeness (QED) is 0.0683. The fourth-order valence-corrected chi connectivity index (χ4v) is 7.99. The van der Waals surface area contributed by atoms with E-state index in [1.54, 1.807) is 0 Å². The Morgan fingerprint density at radius 2 is 0.418 bits per heavy atom. The van der Waals surface area contributed by atoms with Crippen molar-refractivity contribution >= 4 is 0 Å². The molecule has 0 aromatic rings. The van der Waals surface area contributed by atoms with Crippen LogP contribution in [0, 0.1) is 0 Å². The van der Waals surface area contributed by atoms with Gasteiger partial charge in [-0.2, -0.15) is 0 Å². The molecule has 67 heavy (non-hydrogen) atoms. The highest BCUT2D eigenvalue weighted by atomic mass is 16.8. The molecule has 31 nitrogen and oxygen atoms in total. The maximum Gasteiger partial charge on any atom is 0.186 e. The molecular formula is C36H62O31. The van der Waals surface area contributed by atoms with Crippen molar-refractivity contribution in [1.82, 2.24) is 0 Å². The van der Waals surface area contributed by atoms with Crippen molar-refractivity contribution in [2.24, 2.45) is 0 Å². The van der Waals surface area contributed by atoms with Gasteiger partial charge in [-0.15, -0.1) is 0 Å². The molecule has 0 spiro atoms. The van der Waals surface area contributed by atoms with Crippen LogP contribution in [0.1, 0.15) is 0 Å². The maximum absolute atomic E-state index is 10.7. The van der Waals surface area contributed by atoms with Crippen molar-refractivity contribution in [1.29, 1.82) is 0 Å². The molecule has 6 rings (SSSR count). The van der Waals surface area contributed by atoms with Crippen LogP contribution in [0.2, 0.25) is 0 Å². The highest BCUT2D eigenvalue weighted by Gasteiger charge is 2.52. The molecule has 6 aliphatic heterocycles. The second-order valence-corrected chi connectivity index (χ2v) is 17.0. The van der Waals surface area contributed by atoms with Gasteiger partial charge in [0.15, 0.2) is 37.7 Å². The Hall–Kier alpha value is -1.24. The number of aliphatic hydroxyl groups is 20. The standard InChI is InChI=1S/C36H62O31/c37-1-7-13(38)20(45)26(51)32(63-7)58-3-9-15(40)22(47)28(53)34(65-9)60-5-11-17(42)24(49)30(55)36(67-11)61-6-12-18(43)23(48)29(54)35(66-12)59-4-10-16(41)21(46)27(52)33(64-10)57-2-8-14(39)19(44)25(50)31(56)62-8/h7-56H,1-6H2/t7-,8-,9-,10-,11-,12-,13-,14-,15-,16-,17-,18-,19+,20+,21+,22+,23+,24+,25-,26-,27-,28-,29-,30-,31-,32-,33-,34-,35-,36-/m1/s1. The van der Waals surface area contributed by atoms with E-state index in [1.165, 1.54) is 0 Å². The van der Waals surface area contributed by atoms with Gasteiger partial charge in [-0.3, -0.25) is 0 Å². The van der Waals surface area contributed by atoms with Gasteiger partial charge >= 0.3 is 0 Å². The zero-order chi connectivity index (χ0) is 49.3. The lowest BCUT2D eigenvalue weighted by Gasteiger charge is -2.44. The zero-order valence-corrected chi connectivity index (χ0v) is 35.0. The predicted octanol–water partition coefficient (Wildman–Crippen LogP) is -14.1. The van der Waals surface area contributed by atoms with Crippen molar-refractivity contribution in [3.8, 4) is 0 Å². The average Bonchev–Trinajstić information content (AvgIpc) is 3.31. The molecule has 0 saturated carbocycles. The van der Waals surface area contributed by atoms with E-state index in [2.05, 4.69) is 0 Å². The summed E-state index contributed by atoms with van der Waals surface area (Å²) >= 11 is 0. The molecule has 0 radical (unpaired) electrons. The SMILES string of the molecule is OC[C@H]1O[C@@H](OC[C@H]2O[C@@H](OC[C@H]3O[C@@H](OC[C@H]4O[C@@H](OC[C@H]5O[C@@H](OC[C@H]6O[C@@H](O)[C@H](O)[C@@H](O)[C@@H]6O)[C@H](O)[C@@H](O)[C@@H]5O)[C@H](O)[C@@H](O)[C@@H]4O)[C@H](O)[C@@H](O)[C@@H]3O)[C@H](O)[C@@H](O)[C@@H]2O)[C@H](O)[C@@H](O)[C@@H]1O. The summed E-state index contributed by atoms with van der Waals surface area (Å²) in [6, 6.07) is 0. The number of ether oxygens (including phenoxy) is 11. The third-order valence-corrected chi connectivity index (χ3v) is 12.3. The Balaban J connectivity index is 1.01. The Labute approximate surface area is 378 Å². The van der Waals surface area contributed by atoms with Crippen LogP contribution in [0.25, 0.3) is 0 Å². The molecule has 0 amide bonds. The van der Waals surface area contributed by atoms with Crippen LogP contribution in [0.5, 0.6) is 0 Å². The summed E-state index contributed by atoms with van der Waals surface area (Å²) in [7, 11) is 0. The second kappa shape index (κ2) is 23.5. The third kappa shape index (κ3) is 12.0. The molecule has 6 saturated heterocycles. The molecule has 0 aromatic carbocycles. The van der Waals surface area contributed by atoms with Gasteiger partial charge in [0.25, 0.3) is 0 Å². The molecule has 30 atom stereocenters. The van der Waals surface area contributed by atoms with Gasteiger partial charge in [0, 0.05) is 0 Å². The summed E-state index contributed by atoms with van der Waals surface area (Å²) in [5.74, 6) is 0. The number of aliphatic hydroxyl groups excluding tert-OH is 20. The lowest BCUT2D eigenvalue weighted by atomic mass is 9.97. The van der Waals surface area contributed by atoms with E-state index in [0.29, 0.717) is 0 Å². The molecule has 6 heterocycles. The average molecular weight is 991 g/mol. The second-order valence-electron chi connectivity index (χ2n) is 17.0. The number of rotatable bonds is 16. The summed E-state index contributed by atoms with van der Waals surface area (Å²) in [6.07, 6.45) is -54.2. The van der Waals surface area contributed by atoms with Crippen molar-refractivity contribution in [3.63, 3.8) is 0 Å². The molecule has 0 unspecified atom stereocenters. The Morgan fingerprint density at radius 1 is 0.224 bits per heavy atom. The normalized spacial score (nSPS) is 53.4. The fourth-order valence-electron chi connectivity index (χ4n) is 7.99. The van der Waals surface area contributed by atoms with Crippen molar-refractivity contribution in [2.75, 3.05) is 39.6 Å². The van der Waals surface area contributed by atoms with Crippen LogP contribution < -0.4 is 0 Å². The molecule has 0 aromatic heterocycles. The largest absolute Gasteiger partial charge is 0.394 e. The highest BCUT2D eigenvalue weighted by Crippen LogP contribution is 2.31. The first-order valence-corrected chi connectivity index (χ1v) is 21.1. The van der Waals surface area contributed by atoms with Crippen LogP contribution >= 0.6 is 0 Å². The molecule has 0 aliphatic carbocycles. The van der Waals surface area contributed by atoms with Crippen LogP contribution in [0.4, 0.5) is 0 Å². The van der Waals surface area contributed by atoms with Gasteiger partial charge in [0.2, 0.25) is 0 Å². The Bertz CT molecular complexity index is 1510. The topological polar surface area (TPSA) is 506 Å². The fraction of sp³-hybridized carbons (Fsp3) is 1.00. The number of hydrogen-bond donors (Lipinski definition) is 20. The van der Waals surface area contributed by atoms with E-state index >= 15 is 0 Å². The van der Waals surface area contributed by atoms with Crippen LogP contribution in [-0.4, -0.2) is 326 Å². The lowest BCUT2D eigenvalue weighted by molar-refractivity contribution is -0.352. The van der Waals surface area contributed by atoms with Crippen molar-refractivity contribution < 1.29 is 154 Å². The summed E-state index contributed by atoms with van der Waals surface area (Å²) in [5, 5.41) is 206. The van der Waals surface area contributed by atoms with Gasteiger partial charge in [-0.25, -0.2) is 0 Å². The molecule has 6 fully saturated rings. The minimum atomic E-state index is -2.01. The van der Waals surface area contributed by atoms with Gasteiger partial charge < -0.3 is 154 Å². The molecule has 0 bridgehead atoms. The monoisotopic (exact) mass is 990 g/mol. The van der Waals surface area contributed by atoms with E-state index in [1.807, 2.05) is 0 Å². The van der Waals surface area contributed by atoms with Crippen LogP contribution in [0.3, 0.4) is 0 Å². The van der Waals surface area contributed by atoms with E-state index in [0.717, 1.165) is 0 Å². The van der Waals surface area contributed by atoms with Crippen LogP contribution in [0.15, 0.2) is 0 Å². The minimum Gasteiger partial charge on any atom is -0.394 e. The predicted molar refractivity (Wildman–Crippen MR) is 199 cm³/mol. The van der Waals surface area contributed by atoms with Gasteiger partial charge in [-0.05, 0) is 0 Å². The molecule has 392 valence electrons. The summed E-state index contributed by atoms with van der Waals surface area (Å²) in [4.78, 5) is 0. The first kappa shape index (κ1) is 55.1. The molecule has 31 heteroatoms. The summed E-state index contributed by atoms with van der Waals surface area (Å²) < 4.78 is 59.7. The van der Waals surface area contributed by atoms with Gasteiger partial charge in [-0.1, -0.05) is 0 Å². The smallest absolute Gasteiger partial charge is 0.186 e. The third-order valence-electron chi connectivity index (χ3n) is 12.3. The number of hydrogen-bond acceptors (Lipinski definition) is 31. The van der Waals surface area contributed by atoms with Crippen molar-refractivity contribution in [3.05, 3.63) is 0 Å². The first-order chi connectivity index (χ1) is 31.6. The maximum atomic E-state index is 10.7. The molecule has 6 aliphatic rings. The molecule has 20 N–H and O–H groups in total. The van der Waals surface area contributed by atoms with Crippen LogP contribution in [-0.2, 0) is 52.1 Å².